The zero-order valence-electron chi connectivity index (χ0n) is 17.5. The number of aromatic nitrogens is 2. The molecule has 3 aromatic rings. The molecule has 3 rings (SSSR count). The van der Waals surface area contributed by atoms with Crippen LogP contribution in [0.25, 0.3) is 5.69 Å². The molecule has 0 aliphatic carbocycles. The first-order valence-electron chi connectivity index (χ1n) is 9.70. The van der Waals surface area contributed by atoms with Gasteiger partial charge in [-0.25, -0.2) is 4.68 Å². The maximum atomic E-state index is 12.9. The highest BCUT2D eigenvalue weighted by atomic mass is 32.1. The molecule has 1 N–H and O–H groups in total. The Hall–Kier alpha value is -3.46. The van der Waals surface area contributed by atoms with Gasteiger partial charge in [0.2, 0.25) is 0 Å². The van der Waals surface area contributed by atoms with Crippen molar-refractivity contribution in [2.75, 3.05) is 5.32 Å². The minimum Gasteiger partial charge on any atom is -0.453 e. The zero-order chi connectivity index (χ0) is 22.5. The fourth-order valence-corrected chi connectivity index (χ4v) is 3.72. The summed E-state index contributed by atoms with van der Waals surface area (Å²) in [5, 5.41) is 4.35. The number of esters is 1. The number of ether oxygens (including phenoxy) is 1. The minimum absolute atomic E-state index is 0.00721. The van der Waals surface area contributed by atoms with Crippen molar-refractivity contribution in [1.82, 2.24) is 9.36 Å². The van der Waals surface area contributed by atoms with Gasteiger partial charge in [-0.05, 0) is 37.4 Å². The van der Waals surface area contributed by atoms with E-state index in [9.17, 15) is 19.2 Å². The first kappa shape index (κ1) is 22.2. The largest absolute Gasteiger partial charge is 0.453 e. The summed E-state index contributed by atoms with van der Waals surface area (Å²) in [6.45, 7) is 3.13. The van der Waals surface area contributed by atoms with Crippen LogP contribution >= 0.6 is 11.3 Å². The van der Waals surface area contributed by atoms with E-state index in [1.165, 1.54) is 22.9 Å². The normalized spacial score (nSPS) is 11.7. The fraction of sp³-hybridized carbons (Fsp3) is 0.273. The van der Waals surface area contributed by atoms with Crippen molar-refractivity contribution in [1.29, 1.82) is 0 Å². The standard InChI is InChI=1S/C22H23N3O5S/c1-14-20(22(29)25(24(14)3)16-8-5-4-6-9-16)23-21(28)15(2)30-19(27)12-11-17(26)18-10-7-13-31-18/h4-10,13,15H,11-12H2,1-3H3,(H,23,28)/t15-/m1/s1. The molecule has 0 saturated heterocycles. The molecule has 0 radical (unpaired) electrons. The molecule has 1 atom stereocenters. The molecule has 162 valence electrons. The van der Waals surface area contributed by atoms with Crippen molar-refractivity contribution in [3.05, 3.63) is 68.8 Å². The monoisotopic (exact) mass is 441 g/mol. The van der Waals surface area contributed by atoms with Gasteiger partial charge in [-0.15, -0.1) is 11.3 Å². The molecule has 0 fully saturated rings. The molecular weight excluding hydrogens is 418 g/mol. The van der Waals surface area contributed by atoms with E-state index in [1.807, 2.05) is 18.2 Å². The lowest BCUT2D eigenvalue weighted by Gasteiger charge is -2.12. The number of Topliss-reactive ketones (excluding diaryl/α,β-unsaturated/α-hetero) is 1. The van der Waals surface area contributed by atoms with E-state index in [0.717, 1.165) is 0 Å². The summed E-state index contributed by atoms with van der Waals surface area (Å²) in [4.78, 5) is 50.0. The average Bonchev–Trinajstić information content (AvgIpc) is 3.36. The Morgan fingerprint density at radius 3 is 2.45 bits per heavy atom. The number of nitrogens with one attached hydrogen (secondary N) is 1. The van der Waals surface area contributed by atoms with Crippen LogP contribution in [0, 0.1) is 6.92 Å². The molecule has 2 heterocycles. The molecule has 0 bridgehead atoms. The first-order chi connectivity index (χ1) is 14.8. The molecule has 0 aliphatic heterocycles. The van der Waals surface area contributed by atoms with Gasteiger partial charge in [-0.3, -0.25) is 23.9 Å². The SMILES string of the molecule is Cc1c(NC(=O)[C@@H](C)OC(=O)CCC(=O)c2cccs2)c(=O)n(-c2ccccc2)n1C. The second-order valence-corrected chi connectivity index (χ2v) is 7.91. The van der Waals surface area contributed by atoms with E-state index < -0.39 is 18.0 Å². The third kappa shape index (κ3) is 5.00. The molecule has 0 saturated carbocycles. The number of hydrogen-bond acceptors (Lipinski definition) is 6. The number of carbonyl (C=O) groups is 3. The van der Waals surface area contributed by atoms with Gasteiger partial charge in [0.05, 0.1) is 22.7 Å². The number of anilines is 1. The van der Waals surface area contributed by atoms with E-state index in [-0.39, 0.29) is 29.9 Å². The maximum absolute atomic E-state index is 12.9. The lowest BCUT2D eigenvalue weighted by atomic mass is 10.2. The molecule has 31 heavy (non-hydrogen) atoms. The predicted octanol–water partition coefficient (Wildman–Crippen LogP) is 3.08. The summed E-state index contributed by atoms with van der Waals surface area (Å²) >= 11 is 1.31. The fourth-order valence-electron chi connectivity index (χ4n) is 3.02. The molecule has 1 amide bonds. The Bertz CT molecular complexity index is 1150. The Balaban J connectivity index is 1.63. The number of thiophene rings is 1. The summed E-state index contributed by atoms with van der Waals surface area (Å²) < 4.78 is 8.22. The number of para-hydroxylation sites is 1. The van der Waals surface area contributed by atoms with Crippen LogP contribution < -0.4 is 10.9 Å². The van der Waals surface area contributed by atoms with Crippen molar-refractivity contribution in [3.8, 4) is 5.69 Å². The predicted molar refractivity (Wildman–Crippen MR) is 118 cm³/mol. The number of ketones is 1. The number of hydrogen-bond donors (Lipinski definition) is 1. The van der Waals surface area contributed by atoms with Crippen LogP contribution in [0.4, 0.5) is 5.69 Å². The summed E-state index contributed by atoms with van der Waals surface area (Å²) in [7, 11) is 1.72. The van der Waals surface area contributed by atoms with Crippen LogP contribution in [-0.4, -0.2) is 33.1 Å². The zero-order valence-corrected chi connectivity index (χ0v) is 18.3. The van der Waals surface area contributed by atoms with Gasteiger partial charge in [0.25, 0.3) is 11.5 Å². The van der Waals surface area contributed by atoms with Crippen LogP contribution in [0.2, 0.25) is 0 Å². The third-order valence-corrected chi connectivity index (χ3v) is 5.74. The van der Waals surface area contributed by atoms with Crippen LogP contribution in [0.15, 0.2) is 52.6 Å². The van der Waals surface area contributed by atoms with E-state index in [1.54, 1.807) is 48.3 Å². The second kappa shape index (κ2) is 9.57. The van der Waals surface area contributed by atoms with E-state index in [0.29, 0.717) is 16.3 Å². The smallest absolute Gasteiger partial charge is 0.307 e. The van der Waals surface area contributed by atoms with Crippen molar-refractivity contribution in [3.63, 3.8) is 0 Å². The van der Waals surface area contributed by atoms with Crippen LogP contribution in [0.1, 0.15) is 35.1 Å². The second-order valence-electron chi connectivity index (χ2n) is 6.96. The van der Waals surface area contributed by atoms with Gasteiger partial charge >= 0.3 is 5.97 Å². The Morgan fingerprint density at radius 1 is 1.10 bits per heavy atom. The number of rotatable bonds is 8. The third-order valence-electron chi connectivity index (χ3n) is 4.83. The van der Waals surface area contributed by atoms with Crippen molar-refractivity contribution in [2.24, 2.45) is 7.05 Å². The molecule has 1 aromatic carbocycles. The Labute approximate surface area is 183 Å². The van der Waals surface area contributed by atoms with Gasteiger partial charge in [-0.1, -0.05) is 24.3 Å². The molecule has 0 spiro atoms. The first-order valence-corrected chi connectivity index (χ1v) is 10.6. The highest BCUT2D eigenvalue weighted by Gasteiger charge is 2.23. The van der Waals surface area contributed by atoms with E-state index in [2.05, 4.69) is 5.32 Å². The quantitative estimate of drug-likeness (QED) is 0.428. The molecule has 8 nitrogen and oxygen atoms in total. The Kier molecular flexibility index (Phi) is 6.86. The summed E-state index contributed by atoms with van der Waals surface area (Å²) in [5.41, 5.74) is 0.947. The maximum Gasteiger partial charge on any atom is 0.307 e. The lowest BCUT2D eigenvalue weighted by Crippen LogP contribution is -2.32. The van der Waals surface area contributed by atoms with Gasteiger partial charge in [0.15, 0.2) is 11.9 Å². The van der Waals surface area contributed by atoms with E-state index in [4.69, 9.17) is 4.74 Å². The molecule has 0 aliphatic rings. The summed E-state index contributed by atoms with van der Waals surface area (Å²) in [6.07, 6.45) is -1.24. The Morgan fingerprint density at radius 2 is 1.81 bits per heavy atom. The van der Waals surface area contributed by atoms with Crippen LogP contribution in [0.5, 0.6) is 0 Å². The highest BCUT2D eigenvalue weighted by molar-refractivity contribution is 7.12. The van der Waals surface area contributed by atoms with Crippen LogP contribution in [-0.2, 0) is 21.4 Å². The lowest BCUT2D eigenvalue weighted by molar-refractivity contribution is -0.153. The number of nitrogens with zero attached hydrogens (tertiary/aromatic N) is 2. The molecule has 9 heteroatoms. The number of benzene rings is 1. The molecule has 0 unspecified atom stereocenters. The molecular formula is C22H23N3O5S. The van der Waals surface area contributed by atoms with Crippen molar-refractivity contribution >= 4 is 34.7 Å². The average molecular weight is 442 g/mol. The highest BCUT2D eigenvalue weighted by Crippen LogP contribution is 2.15. The minimum atomic E-state index is -1.12. The topological polar surface area (TPSA) is 99.4 Å². The number of amides is 1. The van der Waals surface area contributed by atoms with Gasteiger partial charge < -0.3 is 10.1 Å². The van der Waals surface area contributed by atoms with Crippen molar-refractivity contribution < 1.29 is 19.1 Å². The van der Waals surface area contributed by atoms with Gasteiger partial charge in [-0.2, -0.15) is 0 Å². The van der Waals surface area contributed by atoms with Gasteiger partial charge in [0.1, 0.15) is 5.69 Å². The summed E-state index contributed by atoms with van der Waals surface area (Å²) in [5.74, 6) is -1.42. The molecule has 2 aromatic heterocycles. The summed E-state index contributed by atoms with van der Waals surface area (Å²) in [6, 6.07) is 12.5. The van der Waals surface area contributed by atoms with Gasteiger partial charge in [0, 0.05) is 13.5 Å². The van der Waals surface area contributed by atoms with Crippen molar-refractivity contribution in [2.45, 2.75) is 32.8 Å². The number of carbonyl (C=O) groups excluding carboxylic acids is 3. The van der Waals surface area contributed by atoms with E-state index >= 15 is 0 Å². The van der Waals surface area contributed by atoms with Crippen LogP contribution in [0.3, 0.4) is 0 Å².